The van der Waals surface area contributed by atoms with Crippen molar-refractivity contribution >= 4 is 5.88 Å². The van der Waals surface area contributed by atoms with Crippen LogP contribution in [0, 0.1) is 6.92 Å². The maximum Gasteiger partial charge on any atom is 0.437 e. The number of alkyl halides is 3. The second-order valence-electron chi connectivity index (χ2n) is 3.95. The van der Waals surface area contributed by atoms with Gasteiger partial charge in [-0.2, -0.15) is 13.2 Å². The number of nitrogen functional groups attached to an aromatic ring is 1. The van der Waals surface area contributed by atoms with Crippen LogP contribution in [0.1, 0.15) is 11.3 Å². The predicted octanol–water partition coefficient (Wildman–Crippen LogP) is 3.26. The number of halogens is 3. The molecule has 0 aliphatic rings. The number of hydrogen-bond donors (Lipinski definition) is 1. The van der Waals surface area contributed by atoms with E-state index in [1.807, 2.05) is 0 Å². The van der Waals surface area contributed by atoms with Crippen LogP contribution in [0.5, 0.6) is 5.75 Å². The van der Waals surface area contributed by atoms with E-state index in [0.717, 1.165) is 0 Å². The predicted molar refractivity (Wildman–Crippen MR) is 62.6 cm³/mol. The second kappa shape index (κ2) is 4.49. The SMILES string of the molecule is COc1ccc(-c2c(C(F)(F)F)noc2N)cc1C. The normalized spacial score (nSPS) is 11.6. The van der Waals surface area contributed by atoms with Crippen molar-refractivity contribution in [1.29, 1.82) is 0 Å². The van der Waals surface area contributed by atoms with Crippen molar-refractivity contribution in [3.63, 3.8) is 0 Å². The van der Waals surface area contributed by atoms with E-state index in [1.165, 1.54) is 19.2 Å². The molecule has 1 heterocycles. The molecule has 0 atom stereocenters. The van der Waals surface area contributed by atoms with Crippen LogP contribution >= 0.6 is 0 Å². The third kappa shape index (κ3) is 2.35. The maximum absolute atomic E-state index is 12.8. The Hall–Kier alpha value is -2.18. The van der Waals surface area contributed by atoms with Gasteiger partial charge in [0, 0.05) is 0 Å². The zero-order valence-electron chi connectivity index (χ0n) is 10.2. The first-order valence-corrected chi connectivity index (χ1v) is 5.32. The summed E-state index contributed by atoms with van der Waals surface area (Å²) in [7, 11) is 1.48. The molecule has 19 heavy (non-hydrogen) atoms. The summed E-state index contributed by atoms with van der Waals surface area (Å²) in [5.41, 5.74) is 5.02. The average molecular weight is 272 g/mol. The first-order valence-electron chi connectivity index (χ1n) is 5.32. The highest BCUT2D eigenvalue weighted by Crippen LogP contribution is 2.40. The topological polar surface area (TPSA) is 61.3 Å². The van der Waals surface area contributed by atoms with Gasteiger partial charge in [-0.3, -0.25) is 0 Å². The van der Waals surface area contributed by atoms with Crippen LogP contribution in [0.2, 0.25) is 0 Å². The lowest BCUT2D eigenvalue weighted by atomic mass is 10.0. The molecule has 0 saturated carbocycles. The van der Waals surface area contributed by atoms with Crippen molar-refractivity contribution in [2.75, 3.05) is 12.8 Å². The Labute approximate surface area is 106 Å². The lowest BCUT2D eigenvalue weighted by molar-refractivity contribution is -0.142. The maximum atomic E-state index is 12.8. The van der Waals surface area contributed by atoms with E-state index in [-0.39, 0.29) is 17.0 Å². The Balaban J connectivity index is 2.59. The number of ether oxygens (including phenoxy) is 1. The van der Waals surface area contributed by atoms with Crippen molar-refractivity contribution in [2.24, 2.45) is 0 Å². The van der Waals surface area contributed by atoms with Crippen LogP contribution in [0.4, 0.5) is 19.1 Å². The number of benzene rings is 1. The molecular formula is C12H11F3N2O2. The van der Waals surface area contributed by atoms with Crippen LogP contribution in [0.3, 0.4) is 0 Å². The average Bonchev–Trinajstić information content (AvgIpc) is 2.70. The Morgan fingerprint density at radius 2 is 2.00 bits per heavy atom. The van der Waals surface area contributed by atoms with Crippen LogP contribution in [-0.2, 0) is 6.18 Å². The van der Waals surface area contributed by atoms with Gasteiger partial charge >= 0.3 is 6.18 Å². The highest BCUT2D eigenvalue weighted by atomic mass is 19.4. The molecule has 1 aromatic heterocycles. The van der Waals surface area contributed by atoms with Crippen molar-refractivity contribution in [3.8, 4) is 16.9 Å². The summed E-state index contributed by atoms with van der Waals surface area (Å²) < 4.78 is 47.9. The number of aryl methyl sites for hydroxylation is 1. The van der Waals surface area contributed by atoms with E-state index in [0.29, 0.717) is 11.3 Å². The summed E-state index contributed by atoms with van der Waals surface area (Å²) in [5, 5.41) is 2.98. The number of aromatic nitrogens is 1. The fraction of sp³-hybridized carbons (Fsp3) is 0.250. The molecule has 4 nitrogen and oxygen atoms in total. The van der Waals surface area contributed by atoms with Crippen LogP contribution in [-0.4, -0.2) is 12.3 Å². The van der Waals surface area contributed by atoms with Crippen LogP contribution in [0.25, 0.3) is 11.1 Å². The Kier molecular flexibility index (Phi) is 3.13. The van der Waals surface area contributed by atoms with E-state index in [9.17, 15) is 13.2 Å². The van der Waals surface area contributed by atoms with Gasteiger partial charge in [0.15, 0.2) is 5.69 Å². The second-order valence-corrected chi connectivity index (χ2v) is 3.95. The van der Waals surface area contributed by atoms with Gasteiger partial charge < -0.3 is 15.0 Å². The van der Waals surface area contributed by atoms with Gasteiger partial charge in [0.2, 0.25) is 5.88 Å². The summed E-state index contributed by atoms with van der Waals surface area (Å²) >= 11 is 0. The summed E-state index contributed by atoms with van der Waals surface area (Å²) in [6, 6.07) is 4.58. The molecule has 0 amide bonds. The standard InChI is InChI=1S/C12H11F3N2O2/c1-6-5-7(3-4-8(6)18-2)9-10(12(13,14)15)17-19-11(9)16/h3-5H,16H2,1-2H3. The minimum absolute atomic E-state index is 0.252. The Morgan fingerprint density at radius 3 is 2.53 bits per heavy atom. The number of nitrogens with two attached hydrogens (primary N) is 1. The summed E-state index contributed by atoms with van der Waals surface area (Å²) in [6.45, 7) is 1.72. The van der Waals surface area contributed by atoms with Crippen LogP contribution < -0.4 is 10.5 Å². The lowest BCUT2D eigenvalue weighted by Crippen LogP contribution is -2.07. The quantitative estimate of drug-likeness (QED) is 0.911. The monoisotopic (exact) mass is 272 g/mol. The van der Waals surface area contributed by atoms with Crippen molar-refractivity contribution < 1.29 is 22.4 Å². The lowest BCUT2D eigenvalue weighted by Gasteiger charge is -2.09. The van der Waals surface area contributed by atoms with Gasteiger partial charge in [0.25, 0.3) is 0 Å². The number of hydrogen-bond acceptors (Lipinski definition) is 4. The molecule has 0 unspecified atom stereocenters. The minimum Gasteiger partial charge on any atom is -0.496 e. The molecular weight excluding hydrogens is 261 g/mol. The molecule has 0 aliphatic carbocycles. The van der Waals surface area contributed by atoms with E-state index in [4.69, 9.17) is 10.5 Å². The van der Waals surface area contributed by atoms with E-state index in [1.54, 1.807) is 13.0 Å². The molecule has 0 bridgehead atoms. The molecule has 0 spiro atoms. The highest BCUT2D eigenvalue weighted by Gasteiger charge is 2.39. The van der Waals surface area contributed by atoms with Gasteiger partial charge in [-0.15, -0.1) is 0 Å². The van der Waals surface area contributed by atoms with E-state index in [2.05, 4.69) is 9.68 Å². The molecule has 7 heteroatoms. The molecule has 0 fully saturated rings. The third-order valence-electron chi connectivity index (χ3n) is 2.67. The number of rotatable bonds is 2. The van der Waals surface area contributed by atoms with Gasteiger partial charge in [0.1, 0.15) is 5.75 Å². The molecule has 1 aromatic carbocycles. The molecule has 2 rings (SSSR count). The zero-order chi connectivity index (χ0) is 14.2. The van der Waals surface area contributed by atoms with Crippen molar-refractivity contribution in [3.05, 3.63) is 29.5 Å². The molecule has 102 valence electrons. The smallest absolute Gasteiger partial charge is 0.437 e. The molecule has 0 saturated heterocycles. The van der Waals surface area contributed by atoms with E-state index < -0.39 is 11.9 Å². The summed E-state index contributed by atoms with van der Waals surface area (Å²) in [6.07, 6.45) is -4.62. The van der Waals surface area contributed by atoms with Gasteiger partial charge in [-0.25, -0.2) is 0 Å². The number of methoxy groups -OCH3 is 1. The van der Waals surface area contributed by atoms with Gasteiger partial charge in [0.05, 0.1) is 12.7 Å². The summed E-state index contributed by atoms with van der Waals surface area (Å²) in [5.74, 6) is 0.212. The van der Waals surface area contributed by atoms with Gasteiger partial charge in [-0.1, -0.05) is 11.2 Å². The van der Waals surface area contributed by atoms with Crippen LogP contribution in [0.15, 0.2) is 22.7 Å². The fourth-order valence-electron chi connectivity index (χ4n) is 1.81. The first kappa shape index (κ1) is 13.3. The van der Waals surface area contributed by atoms with Crippen molar-refractivity contribution in [1.82, 2.24) is 5.16 Å². The summed E-state index contributed by atoms with van der Waals surface area (Å²) in [4.78, 5) is 0. The molecule has 0 aliphatic heterocycles. The highest BCUT2D eigenvalue weighted by molar-refractivity contribution is 5.76. The third-order valence-corrected chi connectivity index (χ3v) is 2.67. The Morgan fingerprint density at radius 1 is 1.32 bits per heavy atom. The molecule has 0 radical (unpaired) electrons. The minimum atomic E-state index is -4.62. The fourth-order valence-corrected chi connectivity index (χ4v) is 1.81. The van der Waals surface area contributed by atoms with E-state index >= 15 is 0 Å². The molecule has 2 N–H and O–H groups in total. The largest absolute Gasteiger partial charge is 0.496 e. The Bertz CT molecular complexity index is 606. The zero-order valence-corrected chi connectivity index (χ0v) is 10.2. The van der Waals surface area contributed by atoms with Crippen molar-refractivity contribution in [2.45, 2.75) is 13.1 Å². The first-order chi connectivity index (χ1) is 8.84. The van der Waals surface area contributed by atoms with Gasteiger partial charge in [-0.05, 0) is 30.2 Å². The number of nitrogens with zero attached hydrogens (tertiary/aromatic N) is 1. The number of anilines is 1. The molecule has 2 aromatic rings.